The SMILES string of the molecule is CCCP(CCC)CC[N-]CCP(CCC)CCC.O=[C]=[RuH][Cl]. The summed E-state index contributed by atoms with van der Waals surface area (Å²) in [5, 5.41) is 4.81. The number of nitrogens with zero attached hydrogens (tertiary/aromatic N) is 1. The normalized spacial score (nSPS) is 10.7. The third kappa shape index (κ3) is 21.3. The number of carbonyl (C=O) groups excluding carboxylic acids is 1. The van der Waals surface area contributed by atoms with Crippen molar-refractivity contribution in [3.8, 4) is 0 Å². The van der Waals surface area contributed by atoms with E-state index in [1.165, 1.54) is 62.7 Å². The van der Waals surface area contributed by atoms with Gasteiger partial charge in [-0.2, -0.15) is 0 Å². The molecule has 0 unspecified atom stereocenters. The van der Waals surface area contributed by atoms with E-state index in [4.69, 9.17) is 19.8 Å². The summed E-state index contributed by atoms with van der Waals surface area (Å²) >= 11 is -0.723. The predicted octanol–water partition coefficient (Wildman–Crippen LogP) is 5.99. The van der Waals surface area contributed by atoms with Gasteiger partial charge < -0.3 is 5.32 Å². The molecule has 0 N–H and O–H groups in total. The van der Waals surface area contributed by atoms with Gasteiger partial charge in [0.25, 0.3) is 0 Å². The van der Waals surface area contributed by atoms with Crippen LogP contribution in [0.25, 0.3) is 5.32 Å². The quantitative estimate of drug-likeness (QED) is 0.175. The van der Waals surface area contributed by atoms with E-state index in [2.05, 4.69) is 27.7 Å². The average Bonchev–Trinajstić information content (AvgIpc) is 2.55. The third-order valence-electron chi connectivity index (χ3n) is 3.34. The molecule has 0 amide bonds. The van der Waals surface area contributed by atoms with E-state index in [1.54, 1.807) is 4.47 Å². The van der Waals surface area contributed by atoms with E-state index in [-0.39, 0.29) is 0 Å². The van der Waals surface area contributed by atoms with Crippen LogP contribution >= 0.6 is 25.5 Å². The minimum atomic E-state index is -0.723. The Morgan fingerprint density at radius 2 is 1.09 bits per heavy atom. The van der Waals surface area contributed by atoms with Gasteiger partial charge in [0.05, 0.1) is 0 Å². The van der Waals surface area contributed by atoms with Crippen molar-refractivity contribution in [1.29, 1.82) is 0 Å². The molecule has 0 aliphatic heterocycles. The molecule has 0 aromatic carbocycles. The van der Waals surface area contributed by atoms with Crippen LogP contribution in [0.5, 0.6) is 0 Å². The van der Waals surface area contributed by atoms with Crippen molar-refractivity contribution in [3.05, 3.63) is 5.32 Å². The molecule has 0 radical (unpaired) electrons. The predicted molar refractivity (Wildman–Crippen MR) is 110 cm³/mol. The van der Waals surface area contributed by atoms with Crippen LogP contribution in [0.4, 0.5) is 0 Å². The van der Waals surface area contributed by atoms with E-state index >= 15 is 0 Å². The van der Waals surface area contributed by atoms with Crippen LogP contribution in [0.15, 0.2) is 0 Å². The van der Waals surface area contributed by atoms with Crippen LogP contribution in [0.3, 0.4) is 0 Å². The van der Waals surface area contributed by atoms with Crippen molar-refractivity contribution in [2.75, 3.05) is 50.1 Å². The Hall–Kier alpha value is 1.31. The molecule has 0 bridgehead atoms. The third-order valence-corrected chi connectivity index (χ3v) is 9.81. The van der Waals surface area contributed by atoms with Crippen LogP contribution in [0.1, 0.15) is 53.4 Å². The first kappa shape index (κ1) is 26.5. The first-order chi connectivity index (χ1) is 11.2. The molecule has 6 heteroatoms. The summed E-state index contributed by atoms with van der Waals surface area (Å²) in [6.07, 6.45) is 14.1. The number of hydrogen-bond acceptors (Lipinski definition) is 1. The Kier molecular flexibility index (Phi) is 26.9. The van der Waals surface area contributed by atoms with Gasteiger partial charge in [0.1, 0.15) is 0 Å². The van der Waals surface area contributed by atoms with Gasteiger partial charge in [-0.25, -0.2) is 0 Å². The Balaban J connectivity index is 0. The zero-order chi connectivity index (χ0) is 17.8. The van der Waals surface area contributed by atoms with Crippen LogP contribution in [-0.4, -0.2) is 54.5 Å². The standard InChI is InChI=1S/C16H36NP2.CO.ClH.Ru.H/c1-5-11-18(12-6-2)15-9-17-10-16-19(13-7-3)14-8-4;1-2;;;/h5-16H2,1-4H3;;1H;;/q-1;;;+1;/p-1. The molecule has 0 rings (SSSR count). The summed E-state index contributed by atoms with van der Waals surface area (Å²) in [7, 11) is 5.48. The molecule has 23 heavy (non-hydrogen) atoms. The maximum absolute atomic E-state index is 8.97. The molecule has 0 aromatic rings. The zero-order valence-electron chi connectivity index (χ0n) is 15.5. The van der Waals surface area contributed by atoms with Crippen LogP contribution in [0, 0.1) is 0 Å². The Morgan fingerprint density at radius 3 is 1.30 bits per heavy atom. The first-order valence-electron chi connectivity index (χ1n) is 8.89. The van der Waals surface area contributed by atoms with E-state index in [9.17, 15) is 0 Å². The minimum absolute atomic E-state index is 0.305. The van der Waals surface area contributed by atoms with Crippen molar-refractivity contribution >= 4 is 30.0 Å². The van der Waals surface area contributed by atoms with Crippen molar-refractivity contribution in [2.45, 2.75) is 53.4 Å². The second-order valence-corrected chi connectivity index (χ2v) is 12.4. The molecule has 0 aliphatic rings. The molecule has 0 aliphatic carbocycles. The van der Waals surface area contributed by atoms with Crippen molar-refractivity contribution < 1.29 is 20.5 Å². The molecule has 2 nitrogen and oxygen atoms in total. The van der Waals surface area contributed by atoms with Gasteiger partial charge in [0.2, 0.25) is 0 Å². The fourth-order valence-corrected chi connectivity index (χ4v) is 7.19. The first-order valence-corrected chi connectivity index (χ1v) is 16.0. The van der Waals surface area contributed by atoms with Gasteiger partial charge in [0.15, 0.2) is 0 Å². The van der Waals surface area contributed by atoms with Crippen molar-refractivity contribution in [3.63, 3.8) is 0 Å². The molecule has 0 aromatic heterocycles. The fourth-order valence-electron chi connectivity index (χ4n) is 2.47. The van der Waals surface area contributed by atoms with Crippen LogP contribution in [0.2, 0.25) is 0 Å². The monoisotopic (exact) mass is 470 g/mol. The van der Waals surface area contributed by atoms with Crippen molar-refractivity contribution in [2.24, 2.45) is 0 Å². The molecular weight excluding hydrogens is 433 g/mol. The second kappa shape index (κ2) is 23.3. The van der Waals surface area contributed by atoms with Gasteiger partial charge in [-0.15, -0.1) is 28.9 Å². The van der Waals surface area contributed by atoms with Crippen LogP contribution in [-0.2, 0) is 20.5 Å². The molecular formula is C17H37ClNOP2Ru-. The molecule has 0 fully saturated rings. The van der Waals surface area contributed by atoms with Gasteiger partial charge >= 0.3 is 34.6 Å². The fraction of sp³-hybridized carbons (Fsp3) is 0.941. The summed E-state index contributed by atoms with van der Waals surface area (Å²) in [6.45, 7) is 11.6. The maximum atomic E-state index is 8.97. The van der Waals surface area contributed by atoms with Gasteiger partial charge in [0, 0.05) is 0 Å². The van der Waals surface area contributed by atoms with Gasteiger partial charge in [-0.3, -0.25) is 0 Å². The topological polar surface area (TPSA) is 31.2 Å². The van der Waals surface area contributed by atoms with Gasteiger partial charge in [-0.05, 0) is 24.6 Å². The molecule has 0 heterocycles. The summed E-state index contributed by atoms with van der Waals surface area (Å²) in [5.41, 5.74) is 0. The van der Waals surface area contributed by atoms with Gasteiger partial charge in [-0.1, -0.05) is 65.7 Å². The molecule has 0 spiro atoms. The summed E-state index contributed by atoms with van der Waals surface area (Å²) in [6, 6.07) is 0. The average molecular weight is 470 g/mol. The summed E-state index contributed by atoms with van der Waals surface area (Å²) in [5.74, 6) is 0. The number of hydrogen-bond donors (Lipinski definition) is 0. The molecule has 0 atom stereocenters. The molecule has 0 saturated carbocycles. The summed E-state index contributed by atoms with van der Waals surface area (Å²) < 4.78 is 1.56. The Labute approximate surface area is 159 Å². The summed E-state index contributed by atoms with van der Waals surface area (Å²) in [4.78, 5) is 8.97. The zero-order valence-corrected chi connectivity index (χ0v) is 19.9. The Bertz CT molecular complexity index is 249. The van der Waals surface area contributed by atoms with E-state index in [0.29, 0.717) is 15.8 Å². The van der Waals surface area contributed by atoms with Crippen molar-refractivity contribution in [1.82, 2.24) is 0 Å². The molecule has 0 saturated heterocycles. The van der Waals surface area contributed by atoms with E-state index in [1.807, 2.05) is 0 Å². The molecule has 142 valence electrons. The number of halogens is 1. The number of rotatable bonds is 14. The Morgan fingerprint density at radius 1 is 0.783 bits per heavy atom. The van der Waals surface area contributed by atoms with Crippen LogP contribution < -0.4 is 0 Å². The van der Waals surface area contributed by atoms with E-state index < -0.39 is 15.7 Å². The van der Waals surface area contributed by atoms with E-state index in [0.717, 1.165) is 13.1 Å². The second-order valence-electron chi connectivity index (χ2n) is 5.50.